The monoisotopic (exact) mass is 1260 g/mol. The van der Waals surface area contributed by atoms with E-state index < -0.39 is 0 Å². The van der Waals surface area contributed by atoms with Gasteiger partial charge in [-0.25, -0.2) is 0 Å². The van der Waals surface area contributed by atoms with Crippen LogP contribution >= 0.6 is 0 Å². The maximum absolute atomic E-state index is 13.1. The van der Waals surface area contributed by atoms with Crippen LogP contribution < -0.4 is 18.9 Å². The van der Waals surface area contributed by atoms with Crippen LogP contribution in [0.5, 0.6) is 46.0 Å². The first-order chi connectivity index (χ1) is 43.9. The molecule has 0 aliphatic heterocycles. The van der Waals surface area contributed by atoms with Gasteiger partial charge in [-0.15, -0.1) is 12.8 Å². The molecule has 0 atom stereocenters. The number of fused-ring (bicyclic) bond motifs is 12. The van der Waals surface area contributed by atoms with Crippen molar-refractivity contribution < 1.29 is 39.4 Å². The number of hydrogen-bond acceptors (Lipinski definition) is 8. The van der Waals surface area contributed by atoms with Crippen LogP contribution in [0.1, 0.15) is 236 Å². The minimum Gasteiger partial charge on any atom is -0.507 e. The number of phenols is 4. The first-order valence-corrected chi connectivity index (χ1v) is 33.2. The number of ether oxygens (including phenoxy) is 4. The summed E-state index contributed by atoms with van der Waals surface area (Å²) in [5.74, 6) is 8.32. The molecule has 94 heavy (non-hydrogen) atoms. The minimum atomic E-state index is -0.336. The third-order valence-corrected chi connectivity index (χ3v) is 18.3. The third kappa shape index (κ3) is 16.4. The summed E-state index contributed by atoms with van der Waals surface area (Å²) < 4.78 is 25.9. The number of aromatic hydroxyl groups is 4. The Morgan fingerprint density at radius 1 is 0.287 bits per heavy atom. The lowest BCUT2D eigenvalue weighted by molar-refractivity contribution is 0.299. The molecular formula is C86H100O8. The normalized spacial score (nSPS) is 13.3. The molecular weight excluding hydrogens is 1160 g/mol. The summed E-state index contributed by atoms with van der Waals surface area (Å²) in [6, 6.07) is 41.3. The largest absolute Gasteiger partial charge is 0.507 e. The van der Waals surface area contributed by atoms with Crippen molar-refractivity contribution in [1.82, 2.24) is 0 Å². The van der Waals surface area contributed by atoms with Crippen molar-refractivity contribution >= 4 is 0 Å². The highest BCUT2D eigenvalue weighted by molar-refractivity contribution is 5.61. The number of hydrogen-bond donors (Lipinski definition) is 4. The molecule has 9 rings (SSSR count). The van der Waals surface area contributed by atoms with Gasteiger partial charge in [0, 0.05) is 38.5 Å². The fourth-order valence-electron chi connectivity index (χ4n) is 12.3. The van der Waals surface area contributed by atoms with Crippen molar-refractivity contribution in [1.29, 1.82) is 0 Å². The van der Waals surface area contributed by atoms with E-state index in [4.69, 9.17) is 31.8 Å². The van der Waals surface area contributed by atoms with E-state index >= 15 is 0 Å². The smallest absolute Gasteiger partial charge is 0.148 e. The van der Waals surface area contributed by atoms with Crippen molar-refractivity contribution in [2.75, 3.05) is 13.2 Å². The highest BCUT2D eigenvalue weighted by Gasteiger charge is 2.31. The Morgan fingerprint density at radius 2 is 0.468 bits per heavy atom. The van der Waals surface area contributed by atoms with Crippen molar-refractivity contribution in [3.63, 3.8) is 0 Å². The van der Waals surface area contributed by atoms with Crippen LogP contribution in [0.2, 0.25) is 0 Å². The molecule has 8 heteroatoms. The molecule has 0 fully saturated rings. The lowest BCUT2D eigenvalue weighted by atomic mass is 9.79. The fourth-order valence-corrected chi connectivity index (χ4v) is 12.3. The Labute approximate surface area is 561 Å². The predicted molar refractivity (Wildman–Crippen MR) is 385 cm³/mol. The van der Waals surface area contributed by atoms with E-state index in [1.165, 1.54) is 0 Å². The summed E-state index contributed by atoms with van der Waals surface area (Å²) in [5, 5.41) is 52.4. The summed E-state index contributed by atoms with van der Waals surface area (Å²) in [4.78, 5) is 0. The molecule has 8 nitrogen and oxygen atoms in total. The molecule has 0 radical (unpaired) electrons. The molecule has 1 aliphatic carbocycles. The summed E-state index contributed by atoms with van der Waals surface area (Å²) in [6.45, 7) is 40.3. The lowest BCUT2D eigenvalue weighted by Crippen LogP contribution is -2.16. The summed E-state index contributed by atoms with van der Waals surface area (Å²) >= 11 is 0. The SMILES string of the molecule is C#CCOc1ccc(COc2c3cc(C(C)(C)C)cc2Cc2cc(C(C)(C)C)cc(c2O)Cc2cc(C(C)(C)C)cc(c2O)Cc2cc(C(C)(C)C)cc(c2OCc2ccc(OCC#C)cc2)Cc2cc(C(C)(C)C)cc(c2O)Cc2cc(C(C)(C)C)cc(c2O)C3)cc1. The third-order valence-electron chi connectivity index (χ3n) is 18.3. The topological polar surface area (TPSA) is 118 Å². The summed E-state index contributed by atoms with van der Waals surface area (Å²) in [7, 11) is 0. The minimum absolute atomic E-state index is 0.149. The fraction of sp³-hybridized carbons (Fsp3) is 0.395. The van der Waals surface area contributed by atoms with Crippen LogP contribution in [-0.4, -0.2) is 33.6 Å². The van der Waals surface area contributed by atoms with Crippen molar-refractivity contribution in [3.8, 4) is 70.7 Å². The number of benzene rings is 8. The Morgan fingerprint density at radius 3 is 0.649 bits per heavy atom. The van der Waals surface area contributed by atoms with Crippen LogP contribution in [0.4, 0.5) is 0 Å². The van der Waals surface area contributed by atoms with E-state index in [9.17, 15) is 20.4 Å². The zero-order valence-electron chi connectivity index (χ0n) is 59.2. The van der Waals surface area contributed by atoms with Gasteiger partial charge in [0.1, 0.15) is 72.4 Å². The quantitative estimate of drug-likeness (QED) is 0.100. The van der Waals surface area contributed by atoms with Gasteiger partial charge in [0.05, 0.1) is 0 Å². The van der Waals surface area contributed by atoms with Crippen LogP contribution in [0, 0.1) is 24.7 Å². The molecule has 492 valence electrons. The second-order valence-corrected chi connectivity index (χ2v) is 32.2. The Bertz CT molecular complexity index is 3720. The van der Waals surface area contributed by atoms with Gasteiger partial charge in [0.25, 0.3) is 0 Å². The van der Waals surface area contributed by atoms with Crippen molar-refractivity contribution in [3.05, 3.63) is 233 Å². The van der Waals surface area contributed by atoms with Gasteiger partial charge in [0.2, 0.25) is 0 Å². The molecule has 0 saturated carbocycles. The van der Waals surface area contributed by atoms with E-state index in [0.29, 0.717) is 70.9 Å². The highest BCUT2D eigenvalue weighted by atomic mass is 16.5. The van der Waals surface area contributed by atoms with Crippen molar-refractivity contribution in [2.45, 2.75) is 209 Å². The molecule has 0 saturated heterocycles. The van der Waals surface area contributed by atoms with Crippen molar-refractivity contribution in [2.24, 2.45) is 0 Å². The maximum Gasteiger partial charge on any atom is 0.148 e. The maximum atomic E-state index is 13.1. The van der Waals surface area contributed by atoms with E-state index in [0.717, 1.165) is 89.0 Å². The molecule has 12 bridgehead atoms. The molecule has 0 spiro atoms. The number of terminal acetylenes is 2. The van der Waals surface area contributed by atoms with E-state index in [2.05, 4.69) is 209 Å². The average Bonchev–Trinajstić information content (AvgIpc) is 0.779. The van der Waals surface area contributed by atoms with Gasteiger partial charge in [-0.1, -0.05) is 234 Å². The Kier molecular flexibility index (Phi) is 20.0. The molecule has 0 heterocycles. The first kappa shape index (κ1) is 69.6. The van der Waals surface area contributed by atoms with Gasteiger partial charge >= 0.3 is 0 Å². The van der Waals surface area contributed by atoms with Crippen LogP contribution in [0.15, 0.2) is 121 Å². The standard InChI is InChI=1S/C86H100O8/c1-21-31-91-73-27-23-53(24-28-73)51-93-79-63-35-59-43-67(81(3,4)5)39-55(75(59)87)33-57-41-69(83(9,10)11)45-61(77(57)89)37-65-49-72(86(18,19)20)50-66(80(65)94-52-54-25-29-74(30-26-54)92-32-22-2)38-62-46-70(84(12,13)14)42-58(78(62)90)34-56-40-68(82(6,7)8)44-60(76(56)88)36-64(79)48-71(47-63)85(15,16)17/h1-2,23-30,39-50,87-90H,31-38,51-52H2,3-20H3. The van der Waals surface area contributed by atoms with Gasteiger partial charge in [-0.05, 0) is 168 Å². The van der Waals surface area contributed by atoms with Gasteiger partial charge in [-0.3, -0.25) is 0 Å². The van der Waals surface area contributed by atoms with Gasteiger partial charge < -0.3 is 39.4 Å². The molecule has 0 amide bonds. The van der Waals surface area contributed by atoms with Gasteiger partial charge in [-0.2, -0.15) is 0 Å². The second kappa shape index (κ2) is 26.9. The van der Waals surface area contributed by atoms with E-state index in [-0.39, 0.29) is 94.8 Å². The second-order valence-electron chi connectivity index (χ2n) is 32.2. The highest BCUT2D eigenvalue weighted by Crippen LogP contribution is 2.46. The molecule has 8 aromatic rings. The molecule has 0 unspecified atom stereocenters. The molecule has 0 aromatic heterocycles. The molecule has 4 N–H and O–H groups in total. The zero-order valence-corrected chi connectivity index (χ0v) is 59.2. The van der Waals surface area contributed by atoms with Gasteiger partial charge in [0.15, 0.2) is 0 Å². The predicted octanol–water partition coefficient (Wildman–Crippen LogP) is 19.3. The van der Waals surface area contributed by atoms with E-state index in [1.807, 2.05) is 48.5 Å². The average molecular weight is 1260 g/mol. The summed E-state index contributed by atoms with van der Waals surface area (Å²) in [5.41, 5.74) is 15.3. The van der Waals surface area contributed by atoms with Crippen LogP contribution in [-0.2, 0) is 84.2 Å². The Hall–Kier alpha value is -8.72. The summed E-state index contributed by atoms with van der Waals surface area (Å²) in [6.07, 6.45) is 12.8. The lowest BCUT2D eigenvalue weighted by Gasteiger charge is -2.28. The number of rotatable bonds is 10. The number of phenolic OH excluding ortho intramolecular Hbond substituents is 4. The Balaban J connectivity index is 1.35. The zero-order chi connectivity index (χ0) is 68.6. The van der Waals surface area contributed by atoms with E-state index in [1.54, 1.807) is 0 Å². The van der Waals surface area contributed by atoms with Crippen LogP contribution in [0.25, 0.3) is 0 Å². The van der Waals surface area contributed by atoms with Crippen LogP contribution in [0.3, 0.4) is 0 Å². The first-order valence-electron chi connectivity index (χ1n) is 33.2. The molecule has 1 aliphatic rings. The molecule has 8 aromatic carbocycles.